The number of methoxy groups -OCH3 is 2. The Bertz CT molecular complexity index is 1080. The lowest BCUT2D eigenvalue weighted by Gasteiger charge is -2.38. The van der Waals surface area contributed by atoms with Gasteiger partial charge < -0.3 is 9.47 Å². The minimum absolute atomic E-state index is 0.0141. The quantitative estimate of drug-likeness (QED) is 0.420. The molecule has 4 rings (SSSR count). The highest BCUT2D eigenvalue weighted by molar-refractivity contribution is 6.31. The van der Waals surface area contributed by atoms with Crippen LogP contribution in [0.2, 0.25) is 5.02 Å². The summed E-state index contributed by atoms with van der Waals surface area (Å²) in [7, 11) is 3.33. The van der Waals surface area contributed by atoms with E-state index in [0.29, 0.717) is 6.54 Å². The van der Waals surface area contributed by atoms with Crippen molar-refractivity contribution in [3.63, 3.8) is 0 Å². The van der Waals surface area contributed by atoms with Gasteiger partial charge in [0.15, 0.2) is 11.5 Å². The van der Waals surface area contributed by atoms with E-state index in [1.54, 1.807) is 14.2 Å². The average molecular weight is 454 g/mol. The first-order valence-electron chi connectivity index (χ1n) is 10.2. The van der Waals surface area contributed by atoms with Gasteiger partial charge in [-0.1, -0.05) is 65.7 Å². The van der Waals surface area contributed by atoms with Crippen LogP contribution < -0.4 is 9.47 Å². The largest absolute Gasteiger partial charge is 0.493 e. The van der Waals surface area contributed by atoms with E-state index in [9.17, 15) is 0 Å². The van der Waals surface area contributed by atoms with Crippen LogP contribution in [-0.2, 0) is 6.42 Å². The minimum Gasteiger partial charge on any atom is -0.493 e. The Balaban J connectivity index is 1.74. The highest BCUT2D eigenvalue weighted by Gasteiger charge is 2.30. The van der Waals surface area contributed by atoms with Gasteiger partial charge in [-0.25, -0.2) is 0 Å². The van der Waals surface area contributed by atoms with E-state index < -0.39 is 0 Å². The van der Waals surface area contributed by atoms with Gasteiger partial charge in [0.1, 0.15) is 0 Å². The maximum absolute atomic E-state index is 6.71. The maximum Gasteiger partial charge on any atom is 0.161 e. The zero-order chi connectivity index (χ0) is 21.8. The molecule has 1 unspecified atom stereocenters. The molecule has 0 bridgehead atoms. The van der Waals surface area contributed by atoms with E-state index in [-0.39, 0.29) is 6.04 Å². The van der Waals surface area contributed by atoms with Crippen LogP contribution in [0.5, 0.6) is 11.5 Å². The van der Waals surface area contributed by atoms with Crippen molar-refractivity contribution in [2.75, 3.05) is 27.3 Å². The summed E-state index contributed by atoms with van der Waals surface area (Å²) >= 11 is 13.1. The van der Waals surface area contributed by atoms with E-state index in [4.69, 9.17) is 32.7 Å². The van der Waals surface area contributed by atoms with Crippen molar-refractivity contribution in [1.82, 2.24) is 4.90 Å². The molecule has 1 heterocycles. The van der Waals surface area contributed by atoms with Gasteiger partial charge in [-0.15, -0.1) is 0 Å². The maximum atomic E-state index is 6.71. The third-order valence-electron chi connectivity index (χ3n) is 5.61. The summed E-state index contributed by atoms with van der Waals surface area (Å²) in [6, 6.07) is 22.4. The number of benzene rings is 3. The number of halogens is 2. The molecule has 0 spiro atoms. The second kappa shape index (κ2) is 9.78. The van der Waals surface area contributed by atoms with Crippen LogP contribution in [0.25, 0.3) is 6.08 Å². The fourth-order valence-electron chi connectivity index (χ4n) is 4.20. The lowest BCUT2D eigenvalue weighted by atomic mass is 9.87. The molecule has 3 nitrogen and oxygen atoms in total. The minimum atomic E-state index is 0.0141. The molecule has 3 aromatic rings. The predicted molar refractivity (Wildman–Crippen MR) is 128 cm³/mol. The van der Waals surface area contributed by atoms with Crippen molar-refractivity contribution in [2.45, 2.75) is 12.5 Å². The zero-order valence-corrected chi connectivity index (χ0v) is 19.2. The summed E-state index contributed by atoms with van der Waals surface area (Å²) in [5.41, 5.74) is 4.66. The van der Waals surface area contributed by atoms with Crippen LogP contribution in [0.1, 0.15) is 28.3 Å². The number of hydrogen-bond acceptors (Lipinski definition) is 3. The number of hydrogen-bond donors (Lipinski definition) is 0. The Labute approximate surface area is 193 Å². The molecule has 1 aliphatic heterocycles. The summed E-state index contributed by atoms with van der Waals surface area (Å²) in [5, 5.41) is 1.51. The topological polar surface area (TPSA) is 21.7 Å². The van der Waals surface area contributed by atoms with Crippen molar-refractivity contribution in [2.24, 2.45) is 0 Å². The Morgan fingerprint density at radius 2 is 1.74 bits per heavy atom. The van der Waals surface area contributed by atoms with Gasteiger partial charge in [-0.3, -0.25) is 4.90 Å². The van der Waals surface area contributed by atoms with E-state index in [0.717, 1.165) is 45.6 Å². The van der Waals surface area contributed by atoms with Crippen LogP contribution in [0.4, 0.5) is 0 Å². The van der Waals surface area contributed by atoms with Crippen molar-refractivity contribution in [1.29, 1.82) is 0 Å². The highest BCUT2D eigenvalue weighted by atomic mass is 35.5. The molecule has 0 saturated carbocycles. The SMILES string of the molecule is COc1cc2c(cc1OC)C(c1cccc(Cl)c1)N(CC(Cl)=Cc1ccccc1)CC2. The first-order chi connectivity index (χ1) is 15.1. The molecule has 160 valence electrons. The molecule has 0 aromatic heterocycles. The number of rotatable bonds is 6. The highest BCUT2D eigenvalue weighted by Crippen LogP contribution is 2.41. The Morgan fingerprint density at radius 3 is 2.45 bits per heavy atom. The molecule has 0 aliphatic carbocycles. The van der Waals surface area contributed by atoms with Gasteiger partial charge in [0.05, 0.1) is 20.3 Å². The van der Waals surface area contributed by atoms with Crippen LogP contribution >= 0.6 is 23.2 Å². The summed E-state index contributed by atoms with van der Waals surface area (Å²) < 4.78 is 11.1. The average Bonchev–Trinajstić information content (AvgIpc) is 2.78. The molecule has 1 atom stereocenters. The van der Waals surface area contributed by atoms with Crippen molar-refractivity contribution >= 4 is 29.3 Å². The molecule has 1 aliphatic rings. The van der Waals surface area contributed by atoms with E-state index in [1.807, 2.05) is 42.5 Å². The van der Waals surface area contributed by atoms with Gasteiger partial charge in [0.25, 0.3) is 0 Å². The van der Waals surface area contributed by atoms with E-state index >= 15 is 0 Å². The van der Waals surface area contributed by atoms with Gasteiger partial charge in [-0.2, -0.15) is 0 Å². The van der Waals surface area contributed by atoms with Crippen molar-refractivity contribution in [3.8, 4) is 11.5 Å². The molecular weight excluding hydrogens is 429 g/mol. The second-order valence-corrected chi connectivity index (χ2v) is 8.51. The second-order valence-electron chi connectivity index (χ2n) is 7.59. The molecule has 0 amide bonds. The van der Waals surface area contributed by atoms with Crippen molar-refractivity contribution < 1.29 is 9.47 Å². The standard InChI is InChI=1S/C26H25Cl2NO2/c1-30-24-15-19-11-12-29(17-22(28)13-18-7-4-3-5-8-18)26(23(19)16-25(24)31-2)20-9-6-10-21(27)14-20/h3-10,13-16,26H,11-12,17H2,1-2H3. The Morgan fingerprint density at radius 1 is 1.00 bits per heavy atom. The number of nitrogens with zero attached hydrogens (tertiary/aromatic N) is 1. The fourth-order valence-corrected chi connectivity index (χ4v) is 4.68. The van der Waals surface area contributed by atoms with Gasteiger partial charge in [-0.05, 0) is 59.0 Å². The summed E-state index contributed by atoms with van der Waals surface area (Å²) in [6.45, 7) is 1.51. The molecule has 0 fully saturated rings. The summed E-state index contributed by atoms with van der Waals surface area (Å²) in [6.07, 6.45) is 2.93. The van der Waals surface area contributed by atoms with Crippen molar-refractivity contribution in [3.05, 3.63) is 99.0 Å². The van der Waals surface area contributed by atoms with E-state index in [1.165, 1.54) is 11.1 Å². The Kier molecular flexibility index (Phi) is 6.86. The van der Waals surface area contributed by atoms with Crippen LogP contribution in [0.3, 0.4) is 0 Å². The monoisotopic (exact) mass is 453 g/mol. The van der Waals surface area contributed by atoms with E-state index in [2.05, 4.69) is 35.2 Å². The molecule has 0 N–H and O–H groups in total. The fraction of sp³-hybridized carbons (Fsp3) is 0.231. The molecule has 31 heavy (non-hydrogen) atoms. The first kappa shape index (κ1) is 21.8. The number of ether oxygens (including phenoxy) is 2. The van der Waals surface area contributed by atoms with Crippen LogP contribution in [-0.4, -0.2) is 32.2 Å². The smallest absolute Gasteiger partial charge is 0.161 e. The third-order valence-corrected chi connectivity index (χ3v) is 6.08. The van der Waals surface area contributed by atoms with Gasteiger partial charge in [0.2, 0.25) is 0 Å². The molecular formula is C26H25Cl2NO2. The predicted octanol–water partition coefficient (Wildman–Crippen LogP) is 6.58. The van der Waals surface area contributed by atoms with Gasteiger partial charge in [0, 0.05) is 23.1 Å². The number of fused-ring (bicyclic) bond motifs is 1. The third kappa shape index (κ3) is 4.90. The Hall–Kier alpha value is -2.46. The lowest BCUT2D eigenvalue weighted by Crippen LogP contribution is -2.37. The lowest BCUT2D eigenvalue weighted by molar-refractivity contribution is 0.234. The van der Waals surface area contributed by atoms with Gasteiger partial charge >= 0.3 is 0 Å². The molecule has 0 radical (unpaired) electrons. The molecule has 0 saturated heterocycles. The van der Waals surface area contributed by atoms with Crippen LogP contribution in [0, 0.1) is 0 Å². The van der Waals surface area contributed by atoms with Crippen LogP contribution in [0.15, 0.2) is 71.8 Å². The molecule has 3 aromatic carbocycles. The first-order valence-corrected chi connectivity index (χ1v) is 11.0. The summed E-state index contributed by atoms with van der Waals surface area (Å²) in [4.78, 5) is 2.39. The summed E-state index contributed by atoms with van der Waals surface area (Å²) in [5.74, 6) is 1.47. The zero-order valence-electron chi connectivity index (χ0n) is 17.6. The normalized spacial score (nSPS) is 16.6. The molecule has 5 heteroatoms.